The SMILES string of the molecule is COc1cc(C2C(=C(O)c3ccc(Br)cc3)C(=O)C(=O)N2C)ccc1O. The van der Waals surface area contributed by atoms with Crippen molar-refractivity contribution < 1.29 is 24.5 Å². The van der Waals surface area contributed by atoms with E-state index in [1.165, 1.54) is 31.2 Å². The van der Waals surface area contributed by atoms with Gasteiger partial charge in [-0.1, -0.05) is 34.1 Å². The number of halogens is 1. The molecule has 1 heterocycles. The highest BCUT2D eigenvalue weighted by Crippen LogP contribution is 2.40. The van der Waals surface area contributed by atoms with Gasteiger partial charge in [-0.15, -0.1) is 0 Å². The molecule has 1 saturated heterocycles. The number of nitrogens with zero attached hydrogens (tertiary/aromatic N) is 1. The van der Waals surface area contributed by atoms with E-state index >= 15 is 0 Å². The molecule has 0 radical (unpaired) electrons. The van der Waals surface area contributed by atoms with Crippen molar-refractivity contribution in [2.75, 3.05) is 14.2 Å². The fourth-order valence-corrected chi connectivity index (χ4v) is 3.23. The number of benzene rings is 2. The molecule has 2 aromatic carbocycles. The highest BCUT2D eigenvalue weighted by molar-refractivity contribution is 9.10. The van der Waals surface area contributed by atoms with E-state index in [1.54, 1.807) is 30.3 Å². The summed E-state index contributed by atoms with van der Waals surface area (Å²) in [6.07, 6.45) is 0. The van der Waals surface area contributed by atoms with Crippen molar-refractivity contribution in [1.82, 2.24) is 4.90 Å². The number of phenolic OH excluding ortho intramolecular Hbond substituents is 1. The molecule has 1 aliphatic heterocycles. The number of Topliss-reactive ketones (excluding diaryl/α,β-unsaturated/α-hetero) is 1. The molecule has 1 fully saturated rings. The number of ether oxygens (including phenoxy) is 1. The fourth-order valence-electron chi connectivity index (χ4n) is 2.97. The third kappa shape index (κ3) is 2.94. The number of phenols is 1. The number of ketones is 1. The van der Waals surface area contributed by atoms with Crippen LogP contribution in [-0.2, 0) is 9.59 Å². The zero-order valence-electron chi connectivity index (χ0n) is 14.1. The number of likely N-dealkylation sites (N-methyl/N-ethyl adjacent to an activating group) is 1. The van der Waals surface area contributed by atoms with E-state index in [2.05, 4.69) is 15.9 Å². The molecule has 0 saturated carbocycles. The van der Waals surface area contributed by atoms with Crippen molar-refractivity contribution in [3.05, 3.63) is 63.6 Å². The van der Waals surface area contributed by atoms with Gasteiger partial charge in [0, 0.05) is 17.1 Å². The van der Waals surface area contributed by atoms with Crippen molar-refractivity contribution in [2.45, 2.75) is 6.04 Å². The lowest BCUT2D eigenvalue weighted by Gasteiger charge is -2.21. The van der Waals surface area contributed by atoms with Crippen LogP contribution in [0.15, 0.2) is 52.5 Å². The van der Waals surface area contributed by atoms with E-state index in [0.29, 0.717) is 11.1 Å². The summed E-state index contributed by atoms with van der Waals surface area (Å²) in [5.41, 5.74) is 0.961. The van der Waals surface area contributed by atoms with E-state index in [4.69, 9.17) is 4.74 Å². The van der Waals surface area contributed by atoms with Crippen LogP contribution in [0.4, 0.5) is 0 Å². The number of amides is 1. The minimum absolute atomic E-state index is 0.00688. The summed E-state index contributed by atoms with van der Waals surface area (Å²) >= 11 is 3.32. The van der Waals surface area contributed by atoms with Crippen LogP contribution in [0.3, 0.4) is 0 Å². The van der Waals surface area contributed by atoms with Crippen molar-refractivity contribution in [1.29, 1.82) is 0 Å². The minimum Gasteiger partial charge on any atom is -0.507 e. The molecular formula is C19H16BrNO5. The number of carbonyl (C=O) groups is 2. The van der Waals surface area contributed by atoms with Gasteiger partial charge in [0.05, 0.1) is 18.7 Å². The first-order valence-electron chi connectivity index (χ1n) is 7.72. The van der Waals surface area contributed by atoms with Crippen molar-refractivity contribution in [3.63, 3.8) is 0 Å². The summed E-state index contributed by atoms with van der Waals surface area (Å²) in [6.45, 7) is 0. The molecule has 1 atom stereocenters. The molecule has 1 unspecified atom stereocenters. The van der Waals surface area contributed by atoms with Crippen LogP contribution < -0.4 is 4.74 Å². The maximum absolute atomic E-state index is 12.5. The molecule has 7 heteroatoms. The first-order chi connectivity index (χ1) is 12.3. The average Bonchev–Trinajstić information content (AvgIpc) is 2.86. The normalized spacial score (nSPS) is 19.0. The third-order valence-electron chi connectivity index (χ3n) is 4.31. The summed E-state index contributed by atoms with van der Waals surface area (Å²) < 4.78 is 5.93. The molecule has 0 aliphatic carbocycles. The van der Waals surface area contributed by atoms with Gasteiger partial charge < -0.3 is 19.8 Å². The lowest BCUT2D eigenvalue weighted by atomic mass is 9.95. The number of hydrogen-bond acceptors (Lipinski definition) is 5. The summed E-state index contributed by atoms with van der Waals surface area (Å²) in [5, 5.41) is 20.5. The van der Waals surface area contributed by atoms with E-state index in [1.807, 2.05) is 0 Å². The Morgan fingerprint density at radius 2 is 1.81 bits per heavy atom. The molecule has 134 valence electrons. The van der Waals surface area contributed by atoms with Crippen LogP contribution in [0.25, 0.3) is 5.76 Å². The maximum Gasteiger partial charge on any atom is 0.295 e. The molecule has 26 heavy (non-hydrogen) atoms. The zero-order chi connectivity index (χ0) is 19.0. The lowest BCUT2D eigenvalue weighted by molar-refractivity contribution is -0.139. The second-order valence-corrected chi connectivity index (χ2v) is 6.76. The number of rotatable bonds is 3. The van der Waals surface area contributed by atoms with Gasteiger partial charge in [0.2, 0.25) is 0 Å². The van der Waals surface area contributed by atoms with Crippen molar-refractivity contribution in [3.8, 4) is 11.5 Å². The van der Waals surface area contributed by atoms with Gasteiger partial charge in [0.25, 0.3) is 11.7 Å². The van der Waals surface area contributed by atoms with Crippen molar-refractivity contribution in [2.24, 2.45) is 0 Å². The molecule has 2 N–H and O–H groups in total. The number of aliphatic hydroxyl groups excluding tert-OH is 1. The van der Waals surface area contributed by atoms with Crippen LogP contribution in [0.5, 0.6) is 11.5 Å². The van der Waals surface area contributed by atoms with Crippen LogP contribution in [0.1, 0.15) is 17.2 Å². The summed E-state index contributed by atoms with van der Waals surface area (Å²) in [5.74, 6) is -1.56. The van der Waals surface area contributed by atoms with Gasteiger partial charge in [0.1, 0.15) is 5.76 Å². The Morgan fingerprint density at radius 1 is 1.15 bits per heavy atom. The fraction of sp³-hybridized carbons (Fsp3) is 0.158. The number of methoxy groups -OCH3 is 1. The molecular weight excluding hydrogens is 402 g/mol. The largest absolute Gasteiger partial charge is 0.507 e. The summed E-state index contributed by atoms with van der Waals surface area (Å²) in [7, 11) is 2.90. The Labute approximate surface area is 158 Å². The Bertz CT molecular complexity index is 920. The Hall–Kier alpha value is -2.80. The van der Waals surface area contributed by atoms with E-state index in [9.17, 15) is 19.8 Å². The lowest BCUT2D eigenvalue weighted by Crippen LogP contribution is -2.24. The Morgan fingerprint density at radius 3 is 2.42 bits per heavy atom. The van der Waals surface area contributed by atoms with E-state index < -0.39 is 17.7 Å². The summed E-state index contributed by atoms with van der Waals surface area (Å²) in [4.78, 5) is 26.0. The first kappa shape index (κ1) is 18.0. The van der Waals surface area contributed by atoms with Crippen LogP contribution >= 0.6 is 15.9 Å². The third-order valence-corrected chi connectivity index (χ3v) is 4.84. The number of aromatic hydroxyl groups is 1. The standard InChI is InChI=1S/C19H16BrNO5/c1-21-16(11-5-8-13(22)14(9-11)26-2)15(18(24)19(21)25)17(23)10-3-6-12(20)7-4-10/h3-9,16,22-23H,1-2H3. The van der Waals surface area contributed by atoms with Gasteiger partial charge in [-0.25, -0.2) is 0 Å². The smallest absolute Gasteiger partial charge is 0.295 e. The summed E-state index contributed by atoms with van der Waals surface area (Å²) in [6, 6.07) is 10.5. The maximum atomic E-state index is 12.5. The van der Waals surface area contributed by atoms with Crippen LogP contribution in [0, 0.1) is 0 Å². The predicted molar refractivity (Wildman–Crippen MR) is 98.9 cm³/mol. The van der Waals surface area contributed by atoms with Crippen LogP contribution in [-0.4, -0.2) is 41.0 Å². The van der Waals surface area contributed by atoms with Crippen molar-refractivity contribution >= 4 is 33.4 Å². The molecule has 2 aromatic rings. The van der Waals surface area contributed by atoms with Gasteiger partial charge in [-0.2, -0.15) is 0 Å². The molecule has 1 aliphatic rings. The van der Waals surface area contributed by atoms with Gasteiger partial charge in [-0.3, -0.25) is 9.59 Å². The molecule has 3 rings (SSSR count). The number of carbonyl (C=O) groups excluding carboxylic acids is 2. The monoisotopic (exact) mass is 417 g/mol. The Kier molecular flexibility index (Phi) is 4.73. The molecule has 6 nitrogen and oxygen atoms in total. The first-order valence-corrected chi connectivity index (χ1v) is 8.52. The number of likely N-dealkylation sites (tertiary alicyclic amines) is 1. The zero-order valence-corrected chi connectivity index (χ0v) is 15.6. The van der Waals surface area contributed by atoms with E-state index in [0.717, 1.165) is 4.47 Å². The van der Waals surface area contributed by atoms with Crippen LogP contribution in [0.2, 0.25) is 0 Å². The highest BCUT2D eigenvalue weighted by Gasteiger charge is 2.44. The second kappa shape index (κ2) is 6.84. The van der Waals surface area contributed by atoms with E-state index in [-0.39, 0.29) is 22.8 Å². The Balaban J connectivity index is 2.18. The second-order valence-electron chi connectivity index (χ2n) is 5.85. The quantitative estimate of drug-likeness (QED) is 0.454. The molecule has 1 amide bonds. The average molecular weight is 418 g/mol. The number of hydrogen-bond donors (Lipinski definition) is 2. The van der Waals surface area contributed by atoms with Gasteiger partial charge in [-0.05, 0) is 29.8 Å². The molecule has 0 aromatic heterocycles. The molecule has 0 bridgehead atoms. The topological polar surface area (TPSA) is 87.1 Å². The van der Waals surface area contributed by atoms with Gasteiger partial charge in [0.15, 0.2) is 11.5 Å². The highest BCUT2D eigenvalue weighted by atomic mass is 79.9. The molecule has 0 spiro atoms. The number of aliphatic hydroxyl groups is 1. The van der Waals surface area contributed by atoms with Gasteiger partial charge >= 0.3 is 0 Å². The minimum atomic E-state index is -0.784. The predicted octanol–water partition coefficient (Wildman–Crippen LogP) is 3.21.